The van der Waals surface area contributed by atoms with Crippen LogP contribution in [0.25, 0.3) is 0 Å². The first-order valence-electron chi connectivity index (χ1n) is 6.21. The zero-order valence-electron chi connectivity index (χ0n) is 11.1. The van der Waals surface area contributed by atoms with Crippen LogP contribution in [0.4, 0.5) is 0 Å². The van der Waals surface area contributed by atoms with E-state index in [9.17, 15) is 0 Å². The Bertz CT molecular complexity index is 489. The van der Waals surface area contributed by atoms with Crippen molar-refractivity contribution in [2.45, 2.75) is 39.7 Å². The third-order valence-electron chi connectivity index (χ3n) is 2.92. The lowest BCUT2D eigenvalue weighted by Crippen LogP contribution is -2.18. The maximum atomic E-state index is 8.76. The monoisotopic (exact) mass is 242 g/mol. The largest absolute Gasteiger partial charge is 0.392 e. The second-order valence-electron chi connectivity index (χ2n) is 5.92. The summed E-state index contributed by atoms with van der Waals surface area (Å²) in [7, 11) is 0. The predicted molar refractivity (Wildman–Crippen MR) is 71.3 cm³/mol. The van der Waals surface area contributed by atoms with E-state index >= 15 is 0 Å². The molecule has 2 rings (SSSR count). The van der Waals surface area contributed by atoms with E-state index in [1.54, 1.807) is 0 Å². The Hall–Kier alpha value is -1.82. The Balaban J connectivity index is 2.02. The average molecular weight is 242 g/mol. The molecule has 0 aromatic heterocycles. The lowest BCUT2D eigenvalue weighted by Gasteiger charge is -2.21. The van der Waals surface area contributed by atoms with Crippen molar-refractivity contribution in [1.29, 1.82) is 5.26 Å². The molecule has 0 radical (unpaired) electrons. The molecule has 0 N–H and O–H groups in total. The molecule has 0 spiro atoms. The minimum Gasteiger partial charge on any atom is -0.392 e. The highest BCUT2D eigenvalue weighted by Crippen LogP contribution is 2.28. The van der Waals surface area contributed by atoms with Crippen LogP contribution >= 0.6 is 0 Å². The maximum absolute atomic E-state index is 8.76. The van der Waals surface area contributed by atoms with Gasteiger partial charge in [0.15, 0.2) is 0 Å². The summed E-state index contributed by atoms with van der Waals surface area (Å²) in [5.41, 5.74) is 2.95. The SMILES string of the molecule is CC(C)(C)CC1CC(c2ccc(C#N)cc2)=NO1. The van der Waals surface area contributed by atoms with Gasteiger partial charge in [0.05, 0.1) is 17.3 Å². The predicted octanol–water partition coefficient (Wildman–Crippen LogP) is 3.49. The molecule has 1 aromatic carbocycles. The smallest absolute Gasteiger partial charge is 0.133 e. The first kappa shape index (κ1) is 12.6. The lowest BCUT2D eigenvalue weighted by molar-refractivity contribution is 0.0540. The maximum Gasteiger partial charge on any atom is 0.133 e. The summed E-state index contributed by atoms with van der Waals surface area (Å²) in [4.78, 5) is 5.48. The van der Waals surface area contributed by atoms with Gasteiger partial charge < -0.3 is 4.84 Å². The molecule has 3 heteroatoms. The number of hydrogen-bond acceptors (Lipinski definition) is 3. The van der Waals surface area contributed by atoms with Crippen molar-refractivity contribution in [3.63, 3.8) is 0 Å². The molecule has 0 aliphatic carbocycles. The number of benzene rings is 1. The second kappa shape index (κ2) is 4.81. The molecule has 1 aliphatic rings. The van der Waals surface area contributed by atoms with E-state index in [1.165, 1.54) is 0 Å². The van der Waals surface area contributed by atoms with Crippen LogP contribution in [0.15, 0.2) is 29.4 Å². The Morgan fingerprint density at radius 1 is 1.33 bits per heavy atom. The molecule has 0 saturated carbocycles. The topological polar surface area (TPSA) is 45.4 Å². The molecule has 18 heavy (non-hydrogen) atoms. The molecule has 0 fully saturated rings. The van der Waals surface area contributed by atoms with Gasteiger partial charge in [0.1, 0.15) is 6.10 Å². The second-order valence-corrected chi connectivity index (χ2v) is 5.92. The van der Waals surface area contributed by atoms with Crippen LogP contribution in [0.5, 0.6) is 0 Å². The fourth-order valence-corrected chi connectivity index (χ4v) is 2.13. The van der Waals surface area contributed by atoms with Gasteiger partial charge in [-0.05, 0) is 29.5 Å². The number of nitrogens with zero attached hydrogens (tertiary/aromatic N) is 2. The van der Waals surface area contributed by atoms with E-state index in [-0.39, 0.29) is 11.5 Å². The van der Waals surface area contributed by atoms with Crippen molar-refractivity contribution in [3.8, 4) is 6.07 Å². The van der Waals surface area contributed by atoms with Gasteiger partial charge in [-0.1, -0.05) is 38.1 Å². The first-order valence-corrected chi connectivity index (χ1v) is 6.21. The van der Waals surface area contributed by atoms with Crippen molar-refractivity contribution >= 4 is 5.71 Å². The van der Waals surface area contributed by atoms with Crippen LogP contribution in [-0.2, 0) is 4.84 Å². The molecular weight excluding hydrogens is 224 g/mol. The van der Waals surface area contributed by atoms with Crippen LogP contribution in [0.2, 0.25) is 0 Å². The minimum absolute atomic E-state index is 0.177. The molecule has 1 unspecified atom stereocenters. The van der Waals surface area contributed by atoms with Crippen molar-refractivity contribution < 1.29 is 4.84 Å². The number of rotatable bonds is 2. The molecule has 1 aliphatic heterocycles. The summed E-state index contributed by atoms with van der Waals surface area (Å²) >= 11 is 0. The fraction of sp³-hybridized carbons (Fsp3) is 0.467. The van der Waals surface area contributed by atoms with Gasteiger partial charge >= 0.3 is 0 Å². The van der Waals surface area contributed by atoms with E-state index in [0.717, 1.165) is 24.1 Å². The van der Waals surface area contributed by atoms with Gasteiger partial charge in [0, 0.05) is 6.42 Å². The van der Waals surface area contributed by atoms with Gasteiger partial charge in [0.2, 0.25) is 0 Å². The first-order chi connectivity index (χ1) is 8.48. The Morgan fingerprint density at radius 3 is 2.56 bits per heavy atom. The number of nitriles is 1. The van der Waals surface area contributed by atoms with Crippen LogP contribution in [0.1, 0.15) is 44.7 Å². The zero-order chi connectivity index (χ0) is 13.2. The standard InChI is InChI=1S/C15H18N2O/c1-15(2,3)9-13-8-14(17-18-13)12-6-4-11(10-16)5-7-12/h4-7,13H,8-9H2,1-3H3. The quantitative estimate of drug-likeness (QED) is 0.797. The Kier molecular flexibility index (Phi) is 3.38. The van der Waals surface area contributed by atoms with Crippen LogP contribution in [-0.4, -0.2) is 11.8 Å². The number of hydrogen-bond donors (Lipinski definition) is 0. The highest BCUT2D eigenvalue weighted by atomic mass is 16.6. The molecule has 0 bridgehead atoms. The fourth-order valence-electron chi connectivity index (χ4n) is 2.13. The van der Waals surface area contributed by atoms with Crippen molar-refractivity contribution in [2.75, 3.05) is 0 Å². The third-order valence-corrected chi connectivity index (χ3v) is 2.92. The summed E-state index contributed by atoms with van der Waals surface area (Å²) in [6, 6.07) is 9.60. The molecule has 1 atom stereocenters. The van der Waals surface area contributed by atoms with Gasteiger partial charge in [-0.15, -0.1) is 0 Å². The van der Waals surface area contributed by atoms with Gasteiger partial charge in [0.25, 0.3) is 0 Å². The van der Waals surface area contributed by atoms with E-state index in [4.69, 9.17) is 10.1 Å². The summed E-state index contributed by atoms with van der Waals surface area (Å²) in [6.45, 7) is 6.61. The van der Waals surface area contributed by atoms with E-state index in [2.05, 4.69) is 32.0 Å². The van der Waals surface area contributed by atoms with Crippen molar-refractivity contribution in [2.24, 2.45) is 10.6 Å². The average Bonchev–Trinajstić information content (AvgIpc) is 2.75. The van der Waals surface area contributed by atoms with Crippen LogP contribution < -0.4 is 0 Å². The lowest BCUT2D eigenvalue weighted by atomic mass is 9.87. The van der Waals surface area contributed by atoms with E-state index in [1.807, 2.05) is 24.3 Å². The molecule has 0 saturated heterocycles. The highest BCUT2D eigenvalue weighted by Gasteiger charge is 2.26. The summed E-state index contributed by atoms with van der Waals surface area (Å²) in [5.74, 6) is 0. The normalized spacial score (nSPS) is 19.0. The molecule has 1 heterocycles. The van der Waals surface area contributed by atoms with Crippen LogP contribution in [0.3, 0.4) is 0 Å². The molecule has 1 aromatic rings. The minimum atomic E-state index is 0.177. The van der Waals surface area contributed by atoms with Gasteiger partial charge in [-0.3, -0.25) is 0 Å². The van der Waals surface area contributed by atoms with Gasteiger partial charge in [-0.2, -0.15) is 5.26 Å². The van der Waals surface area contributed by atoms with E-state index < -0.39 is 0 Å². The molecule has 0 amide bonds. The van der Waals surface area contributed by atoms with Gasteiger partial charge in [-0.25, -0.2) is 0 Å². The summed E-state index contributed by atoms with van der Waals surface area (Å²) in [6.07, 6.45) is 2.02. The molecular formula is C15H18N2O. The third kappa shape index (κ3) is 3.10. The van der Waals surface area contributed by atoms with E-state index in [0.29, 0.717) is 5.56 Å². The van der Waals surface area contributed by atoms with Crippen LogP contribution in [0, 0.1) is 16.7 Å². The van der Waals surface area contributed by atoms with Crippen molar-refractivity contribution in [1.82, 2.24) is 0 Å². The van der Waals surface area contributed by atoms with Crippen molar-refractivity contribution in [3.05, 3.63) is 35.4 Å². The summed E-state index contributed by atoms with van der Waals surface area (Å²) < 4.78 is 0. The summed E-state index contributed by atoms with van der Waals surface area (Å²) in [5, 5.41) is 12.9. The molecule has 3 nitrogen and oxygen atoms in total. The highest BCUT2D eigenvalue weighted by molar-refractivity contribution is 6.01. The zero-order valence-corrected chi connectivity index (χ0v) is 11.1. The number of oxime groups is 1. The molecule has 94 valence electrons. The Morgan fingerprint density at radius 2 is 2.00 bits per heavy atom. The Labute approximate surface area is 108 Å².